The second kappa shape index (κ2) is 5.55. The van der Waals surface area contributed by atoms with E-state index < -0.39 is 0 Å². The largest absolute Gasteiger partial charge is 0.339 e. The zero-order chi connectivity index (χ0) is 15.0. The highest BCUT2D eigenvalue weighted by molar-refractivity contribution is 9.10. The fourth-order valence-electron chi connectivity index (χ4n) is 1.92. The number of rotatable bonds is 3. The molecular formula is C13H11BrFN5S. The molecule has 0 saturated carbocycles. The third kappa shape index (κ3) is 2.69. The molecule has 0 spiro atoms. The van der Waals surface area contributed by atoms with Gasteiger partial charge in [0.15, 0.2) is 0 Å². The summed E-state index contributed by atoms with van der Waals surface area (Å²) in [6.07, 6.45) is 0. The molecule has 2 aromatic heterocycles. The van der Waals surface area contributed by atoms with E-state index >= 15 is 0 Å². The number of nitrogen functional groups attached to an aromatic ring is 1. The van der Waals surface area contributed by atoms with Crippen molar-refractivity contribution in [2.75, 3.05) is 10.7 Å². The third-order valence-corrected chi connectivity index (χ3v) is 4.39. The smallest absolute Gasteiger partial charge is 0.240 e. The van der Waals surface area contributed by atoms with Crippen LogP contribution in [0.1, 0.15) is 5.56 Å². The Morgan fingerprint density at radius 1 is 1.33 bits per heavy atom. The fourth-order valence-corrected chi connectivity index (χ4v) is 3.15. The zero-order valence-corrected chi connectivity index (χ0v) is 13.3. The molecule has 21 heavy (non-hydrogen) atoms. The first-order valence-electron chi connectivity index (χ1n) is 6.03. The maximum atomic E-state index is 13.7. The molecule has 3 rings (SSSR count). The molecule has 0 aliphatic carbocycles. The van der Waals surface area contributed by atoms with Crippen molar-refractivity contribution in [3.8, 4) is 0 Å². The van der Waals surface area contributed by atoms with Crippen LogP contribution in [-0.4, -0.2) is 9.97 Å². The summed E-state index contributed by atoms with van der Waals surface area (Å²) in [6, 6.07) is 5.05. The Labute approximate surface area is 132 Å². The van der Waals surface area contributed by atoms with Crippen LogP contribution in [0.4, 0.5) is 21.8 Å². The van der Waals surface area contributed by atoms with Crippen LogP contribution in [0.3, 0.4) is 0 Å². The maximum absolute atomic E-state index is 13.7. The first-order valence-corrected chi connectivity index (χ1v) is 7.70. The number of hydrogen-bond donors (Lipinski definition) is 3. The van der Waals surface area contributed by atoms with Gasteiger partial charge < -0.3 is 5.32 Å². The predicted octanol–water partition coefficient (Wildman–Crippen LogP) is 3.93. The minimum Gasteiger partial charge on any atom is -0.339 e. The zero-order valence-electron chi connectivity index (χ0n) is 10.9. The van der Waals surface area contributed by atoms with E-state index in [9.17, 15) is 4.39 Å². The fraction of sp³-hybridized carbons (Fsp3) is 0.0769. The summed E-state index contributed by atoms with van der Waals surface area (Å²) in [6.45, 7) is 1.89. The molecule has 0 aliphatic heterocycles. The molecule has 0 saturated heterocycles. The quantitative estimate of drug-likeness (QED) is 0.483. The average Bonchev–Trinajstić information content (AvgIpc) is 2.93. The Morgan fingerprint density at radius 2 is 2.14 bits per heavy atom. The van der Waals surface area contributed by atoms with Crippen molar-refractivity contribution >= 4 is 54.9 Å². The lowest BCUT2D eigenvalue weighted by atomic mass is 10.2. The van der Waals surface area contributed by atoms with Crippen molar-refractivity contribution in [1.29, 1.82) is 0 Å². The molecule has 4 N–H and O–H groups in total. The van der Waals surface area contributed by atoms with Crippen LogP contribution < -0.4 is 16.6 Å². The van der Waals surface area contributed by atoms with Crippen LogP contribution in [0.25, 0.3) is 10.2 Å². The van der Waals surface area contributed by atoms with Gasteiger partial charge in [0.1, 0.15) is 16.5 Å². The summed E-state index contributed by atoms with van der Waals surface area (Å²) in [5, 5.41) is 5.92. The average molecular weight is 368 g/mol. The van der Waals surface area contributed by atoms with Gasteiger partial charge in [0.25, 0.3) is 0 Å². The van der Waals surface area contributed by atoms with Crippen LogP contribution in [0.5, 0.6) is 0 Å². The topological polar surface area (TPSA) is 75.9 Å². The lowest BCUT2D eigenvalue weighted by molar-refractivity contribution is 0.621. The van der Waals surface area contributed by atoms with E-state index in [2.05, 4.69) is 36.6 Å². The number of halogens is 2. The summed E-state index contributed by atoms with van der Waals surface area (Å²) in [5.74, 6) is 5.93. The van der Waals surface area contributed by atoms with E-state index in [-0.39, 0.29) is 5.82 Å². The van der Waals surface area contributed by atoms with E-state index in [1.165, 1.54) is 17.4 Å². The van der Waals surface area contributed by atoms with Gasteiger partial charge in [-0.15, -0.1) is 11.3 Å². The number of anilines is 3. The Bertz CT molecular complexity index is 820. The van der Waals surface area contributed by atoms with Crippen molar-refractivity contribution in [3.63, 3.8) is 0 Å². The van der Waals surface area contributed by atoms with Crippen LogP contribution in [0, 0.1) is 12.7 Å². The number of hydrogen-bond acceptors (Lipinski definition) is 6. The van der Waals surface area contributed by atoms with Gasteiger partial charge in [-0.25, -0.2) is 15.2 Å². The monoisotopic (exact) mass is 367 g/mol. The molecule has 1 aromatic carbocycles. The highest BCUT2D eigenvalue weighted by Gasteiger charge is 2.11. The molecule has 0 radical (unpaired) electrons. The van der Waals surface area contributed by atoms with Crippen LogP contribution >= 0.6 is 27.3 Å². The Hall–Kier alpha value is -1.77. The Balaban J connectivity index is 2.09. The molecule has 0 atom stereocenters. The number of nitrogens with zero attached hydrogens (tertiary/aromatic N) is 2. The van der Waals surface area contributed by atoms with E-state index in [0.717, 1.165) is 15.8 Å². The minimum atomic E-state index is -0.337. The Morgan fingerprint density at radius 3 is 2.90 bits per heavy atom. The number of nitrogens with one attached hydrogen (secondary N) is 2. The molecule has 108 valence electrons. The van der Waals surface area contributed by atoms with E-state index in [4.69, 9.17) is 5.84 Å². The van der Waals surface area contributed by atoms with E-state index in [1.807, 2.05) is 18.4 Å². The molecule has 3 aromatic rings. The number of aryl methyl sites for hydroxylation is 1. The normalized spacial score (nSPS) is 10.9. The molecule has 5 nitrogen and oxygen atoms in total. The van der Waals surface area contributed by atoms with Gasteiger partial charge in [-0.1, -0.05) is 0 Å². The first-order chi connectivity index (χ1) is 10.1. The van der Waals surface area contributed by atoms with Gasteiger partial charge in [-0.3, -0.25) is 5.43 Å². The molecule has 0 aliphatic rings. The lowest BCUT2D eigenvalue weighted by Crippen LogP contribution is -2.11. The molecule has 0 unspecified atom stereocenters. The summed E-state index contributed by atoms with van der Waals surface area (Å²) in [5.41, 5.74) is 3.97. The van der Waals surface area contributed by atoms with Crippen molar-refractivity contribution in [1.82, 2.24) is 9.97 Å². The minimum absolute atomic E-state index is 0.308. The van der Waals surface area contributed by atoms with Gasteiger partial charge >= 0.3 is 0 Å². The van der Waals surface area contributed by atoms with Gasteiger partial charge in [0, 0.05) is 5.69 Å². The molecule has 0 bridgehead atoms. The molecular weight excluding hydrogens is 357 g/mol. The number of aromatic nitrogens is 2. The third-order valence-electron chi connectivity index (χ3n) is 2.97. The number of benzene rings is 1. The first kappa shape index (κ1) is 14.2. The summed E-state index contributed by atoms with van der Waals surface area (Å²) >= 11 is 4.65. The van der Waals surface area contributed by atoms with Gasteiger partial charge in [-0.05, 0) is 52.0 Å². The molecule has 0 fully saturated rings. The van der Waals surface area contributed by atoms with Crippen molar-refractivity contribution < 1.29 is 4.39 Å². The standard InChI is InChI=1S/C13H11BrFN5S/c1-6-4-8(14)9(15)5-10(6)17-11-7-2-3-21-12(7)19-13(18-11)20-16/h2-5H,16H2,1H3,(H2,17,18,19,20). The van der Waals surface area contributed by atoms with Crippen LogP contribution in [0.2, 0.25) is 0 Å². The number of fused-ring (bicyclic) bond motifs is 1. The summed E-state index contributed by atoms with van der Waals surface area (Å²) < 4.78 is 14.1. The predicted molar refractivity (Wildman–Crippen MR) is 87.3 cm³/mol. The second-order valence-electron chi connectivity index (χ2n) is 4.39. The highest BCUT2D eigenvalue weighted by Crippen LogP contribution is 2.31. The number of hydrazine groups is 1. The van der Waals surface area contributed by atoms with Gasteiger partial charge in [-0.2, -0.15) is 4.98 Å². The van der Waals surface area contributed by atoms with Gasteiger partial charge in [0.05, 0.1) is 9.86 Å². The van der Waals surface area contributed by atoms with Crippen LogP contribution in [-0.2, 0) is 0 Å². The van der Waals surface area contributed by atoms with Crippen molar-refractivity contribution in [2.24, 2.45) is 5.84 Å². The summed E-state index contributed by atoms with van der Waals surface area (Å²) in [4.78, 5) is 9.36. The molecule has 0 amide bonds. The SMILES string of the molecule is Cc1cc(Br)c(F)cc1Nc1nc(NN)nc2sccc12. The van der Waals surface area contributed by atoms with E-state index in [1.54, 1.807) is 6.07 Å². The van der Waals surface area contributed by atoms with Crippen LogP contribution in [0.15, 0.2) is 28.1 Å². The van der Waals surface area contributed by atoms with E-state index in [0.29, 0.717) is 21.9 Å². The highest BCUT2D eigenvalue weighted by atomic mass is 79.9. The van der Waals surface area contributed by atoms with Crippen molar-refractivity contribution in [3.05, 3.63) is 39.4 Å². The Kier molecular flexibility index (Phi) is 3.75. The number of thiophene rings is 1. The molecule has 8 heteroatoms. The van der Waals surface area contributed by atoms with Gasteiger partial charge in [0.2, 0.25) is 5.95 Å². The lowest BCUT2D eigenvalue weighted by Gasteiger charge is -2.11. The second-order valence-corrected chi connectivity index (χ2v) is 6.13. The van der Waals surface area contributed by atoms with Crippen molar-refractivity contribution in [2.45, 2.75) is 6.92 Å². The number of nitrogens with two attached hydrogens (primary N) is 1. The summed E-state index contributed by atoms with van der Waals surface area (Å²) in [7, 11) is 0. The maximum Gasteiger partial charge on any atom is 0.240 e. The molecule has 2 heterocycles.